The fraction of sp³-hybridized carbons (Fsp3) is 0.273. The number of rotatable bonds is 3. The second kappa shape index (κ2) is 4.93. The minimum Gasteiger partial charge on any atom is -0.383 e. The van der Waals surface area contributed by atoms with Gasteiger partial charge >= 0.3 is 0 Å². The van der Waals surface area contributed by atoms with E-state index >= 15 is 0 Å². The largest absolute Gasteiger partial charge is 0.383 e. The average molecular weight is 340 g/mol. The molecule has 0 unspecified atom stereocenters. The van der Waals surface area contributed by atoms with Crippen molar-refractivity contribution < 1.29 is 0 Å². The number of aromatic amines is 1. The molecule has 0 aromatic carbocycles. The quantitative estimate of drug-likeness (QED) is 0.655. The van der Waals surface area contributed by atoms with Crippen molar-refractivity contribution in [3.8, 4) is 0 Å². The normalized spacial score (nSPS) is 14.6. The van der Waals surface area contributed by atoms with Crippen LogP contribution in [0.15, 0.2) is 31.7 Å². The Bertz CT molecular complexity index is 685. The number of aromatic nitrogens is 4. The summed E-state index contributed by atoms with van der Waals surface area (Å²) in [6, 6.07) is 3.04. The first kappa shape index (κ1) is 12.6. The number of halogens is 1. The Morgan fingerprint density at radius 2 is 2.11 bits per heavy atom. The lowest BCUT2D eigenvalue weighted by Gasteiger charge is -2.04. The van der Waals surface area contributed by atoms with Gasteiger partial charge in [0, 0.05) is 18.1 Å². The minimum atomic E-state index is -0.273. The number of nitrogens with one attached hydrogen (secondary N) is 1. The van der Waals surface area contributed by atoms with Gasteiger partial charge in [0.05, 0.1) is 0 Å². The molecule has 1 fully saturated rings. The van der Waals surface area contributed by atoms with Gasteiger partial charge in [-0.2, -0.15) is 0 Å². The highest BCUT2D eigenvalue weighted by molar-refractivity contribution is 9.10. The summed E-state index contributed by atoms with van der Waals surface area (Å²) in [5.41, 5.74) is 5.27. The Kier molecular flexibility index (Phi) is 3.28. The summed E-state index contributed by atoms with van der Waals surface area (Å²) in [4.78, 5) is 26.8. The van der Waals surface area contributed by atoms with Crippen molar-refractivity contribution in [1.82, 2.24) is 19.9 Å². The molecule has 0 atom stereocenters. The number of nitrogens with two attached hydrogens (primary N) is 1. The maximum Gasteiger partial charge on any atom is 0.253 e. The zero-order valence-corrected chi connectivity index (χ0v) is 12.2. The Balaban J connectivity index is 1.91. The smallest absolute Gasteiger partial charge is 0.253 e. The van der Waals surface area contributed by atoms with E-state index in [4.69, 9.17) is 5.73 Å². The second-order valence-corrected chi connectivity index (χ2v) is 6.06. The van der Waals surface area contributed by atoms with E-state index in [2.05, 4.69) is 35.9 Å². The lowest BCUT2D eigenvalue weighted by molar-refractivity contribution is 0.861. The molecule has 8 heteroatoms. The van der Waals surface area contributed by atoms with Crippen LogP contribution in [0, 0.1) is 0 Å². The molecule has 6 nitrogen and oxygen atoms in total. The van der Waals surface area contributed by atoms with Gasteiger partial charge in [0.2, 0.25) is 0 Å². The predicted molar refractivity (Wildman–Crippen MR) is 75.1 cm³/mol. The zero-order valence-electron chi connectivity index (χ0n) is 9.76. The Hall–Kier alpha value is -1.41. The molecule has 3 N–H and O–H groups in total. The number of anilines is 1. The molecule has 0 amide bonds. The van der Waals surface area contributed by atoms with Gasteiger partial charge < -0.3 is 10.7 Å². The zero-order chi connectivity index (χ0) is 13.4. The van der Waals surface area contributed by atoms with Gasteiger partial charge in [0.15, 0.2) is 5.16 Å². The summed E-state index contributed by atoms with van der Waals surface area (Å²) in [7, 11) is 0. The van der Waals surface area contributed by atoms with Crippen LogP contribution in [0.5, 0.6) is 0 Å². The van der Waals surface area contributed by atoms with Gasteiger partial charge in [0.25, 0.3) is 5.56 Å². The molecule has 2 aromatic rings. The molecule has 0 spiro atoms. The highest BCUT2D eigenvalue weighted by Gasteiger charge is 2.27. The van der Waals surface area contributed by atoms with Crippen LogP contribution in [-0.4, -0.2) is 19.9 Å². The van der Waals surface area contributed by atoms with Crippen LogP contribution in [0.3, 0.4) is 0 Å². The monoisotopic (exact) mass is 339 g/mol. The first-order valence-corrected chi connectivity index (χ1v) is 7.30. The van der Waals surface area contributed by atoms with E-state index in [1.807, 2.05) is 0 Å². The fourth-order valence-electron chi connectivity index (χ4n) is 1.59. The van der Waals surface area contributed by atoms with Crippen molar-refractivity contribution in [3.05, 3.63) is 32.9 Å². The minimum absolute atomic E-state index is 0.196. The molecule has 19 heavy (non-hydrogen) atoms. The van der Waals surface area contributed by atoms with E-state index in [1.165, 1.54) is 17.8 Å². The van der Waals surface area contributed by atoms with E-state index in [0.29, 0.717) is 11.1 Å². The highest BCUT2D eigenvalue weighted by atomic mass is 79.9. The van der Waals surface area contributed by atoms with Crippen LogP contribution in [0.4, 0.5) is 5.82 Å². The van der Waals surface area contributed by atoms with Crippen LogP contribution in [0.2, 0.25) is 0 Å². The molecule has 0 radical (unpaired) electrons. The van der Waals surface area contributed by atoms with Gasteiger partial charge in [-0.1, -0.05) is 0 Å². The predicted octanol–water partition coefficient (Wildman–Crippen LogP) is 1.93. The van der Waals surface area contributed by atoms with E-state index in [9.17, 15) is 4.79 Å². The molecule has 1 aliphatic rings. The first-order chi connectivity index (χ1) is 9.10. The van der Waals surface area contributed by atoms with Gasteiger partial charge in [-0.3, -0.25) is 4.79 Å². The van der Waals surface area contributed by atoms with Gasteiger partial charge in [0.1, 0.15) is 21.3 Å². The molecule has 0 bridgehead atoms. The van der Waals surface area contributed by atoms with Crippen LogP contribution in [-0.2, 0) is 0 Å². The number of H-pyrrole nitrogens is 1. The number of hydrogen-bond acceptors (Lipinski definition) is 6. The van der Waals surface area contributed by atoms with Gasteiger partial charge in [-0.05, 0) is 40.5 Å². The van der Waals surface area contributed by atoms with Gasteiger partial charge in [-0.25, -0.2) is 15.0 Å². The summed E-state index contributed by atoms with van der Waals surface area (Å²) in [6.45, 7) is 0. The maximum atomic E-state index is 11.3. The average Bonchev–Trinajstić information content (AvgIpc) is 3.09. The van der Waals surface area contributed by atoms with E-state index in [1.54, 1.807) is 6.07 Å². The first-order valence-electron chi connectivity index (χ1n) is 5.69. The molecule has 3 rings (SSSR count). The van der Waals surface area contributed by atoms with E-state index in [-0.39, 0.29) is 11.4 Å². The topological polar surface area (TPSA) is 97.6 Å². The van der Waals surface area contributed by atoms with Crippen molar-refractivity contribution in [2.24, 2.45) is 0 Å². The third-order valence-electron chi connectivity index (χ3n) is 2.57. The van der Waals surface area contributed by atoms with Crippen molar-refractivity contribution in [2.75, 3.05) is 5.73 Å². The standard InChI is InChI=1S/C11H10BrN5OS/c12-6-3-9(17-10(14-6)5-1-2-5)19-11-15-7(13)4-8(18)16-11/h3-5H,1-2H2,(H3,13,15,16,18). The molecule has 1 saturated carbocycles. The molecular weight excluding hydrogens is 330 g/mol. The number of nitrogen functional groups attached to an aromatic ring is 1. The van der Waals surface area contributed by atoms with Crippen molar-refractivity contribution in [2.45, 2.75) is 28.9 Å². The third kappa shape index (κ3) is 3.13. The summed E-state index contributed by atoms with van der Waals surface area (Å²) >= 11 is 4.63. The van der Waals surface area contributed by atoms with Crippen LogP contribution in [0.25, 0.3) is 0 Å². The van der Waals surface area contributed by atoms with Crippen molar-refractivity contribution in [3.63, 3.8) is 0 Å². The highest BCUT2D eigenvalue weighted by Crippen LogP contribution is 2.39. The fourth-order valence-corrected chi connectivity index (χ4v) is 2.95. The van der Waals surface area contributed by atoms with Crippen LogP contribution in [0.1, 0.15) is 24.6 Å². The Morgan fingerprint density at radius 1 is 1.32 bits per heavy atom. The number of hydrogen-bond donors (Lipinski definition) is 2. The summed E-state index contributed by atoms with van der Waals surface area (Å²) in [5.74, 6) is 1.50. The van der Waals surface area contributed by atoms with Crippen molar-refractivity contribution in [1.29, 1.82) is 0 Å². The molecule has 1 aliphatic carbocycles. The van der Waals surface area contributed by atoms with Crippen LogP contribution < -0.4 is 11.3 Å². The Labute approximate surface area is 121 Å². The molecule has 0 aliphatic heterocycles. The summed E-state index contributed by atoms with van der Waals surface area (Å²) in [5, 5.41) is 1.16. The summed E-state index contributed by atoms with van der Waals surface area (Å²) < 4.78 is 0.734. The van der Waals surface area contributed by atoms with Crippen molar-refractivity contribution >= 4 is 33.5 Å². The maximum absolute atomic E-state index is 11.3. The Morgan fingerprint density at radius 3 is 2.79 bits per heavy atom. The second-order valence-electron chi connectivity index (χ2n) is 4.24. The molecule has 98 valence electrons. The third-order valence-corrected chi connectivity index (χ3v) is 3.78. The van der Waals surface area contributed by atoms with Gasteiger partial charge in [-0.15, -0.1) is 0 Å². The van der Waals surface area contributed by atoms with E-state index < -0.39 is 0 Å². The molecular formula is C11H10BrN5OS. The molecule has 0 saturated heterocycles. The molecule has 2 heterocycles. The molecule has 2 aromatic heterocycles. The SMILES string of the molecule is Nc1cc(=O)[nH]c(Sc2cc(Br)nc(C3CC3)n2)n1. The van der Waals surface area contributed by atoms with Crippen LogP contribution >= 0.6 is 27.7 Å². The van der Waals surface area contributed by atoms with E-state index in [0.717, 1.165) is 28.3 Å². The lowest BCUT2D eigenvalue weighted by atomic mass is 10.4. The summed E-state index contributed by atoms with van der Waals surface area (Å²) in [6.07, 6.45) is 2.27. The number of nitrogens with zero attached hydrogens (tertiary/aromatic N) is 3. The lowest BCUT2D eigenvalue weighted by Crippen LogP contribution is -2.09.